The van der Waals surface area contributed by atoms with Crippen LogP contribution in [-0.4, -0.2) is 24.5 Å². The number of anilines is 2. The van der Waals surface area contributed by atoms with Crippen LogP contribution >= 0.6 is 0 Å². The molecule has 0 aliphatic heterocycles. The van der Waals surface area contributed by atoms with Crippen molar-refractivity contribution in [3.05, 3.63) is 48.2 Å². The number of nitrogens with zero attached hydrogens (tertiary/aromatic N) is 2. The first kappa shape index (κ1) is 10.5. The maximum atomic E-state index is 4.54. The molecule has 0 unspecified atom stereocenters. The van der Waals surface area contributed by atoms with Gasteiger partial charge in [-0.2, -0.15) is 0 Å². The van der Waals surface area contributed by atoms with Crippen molar-refractivity contribution in [3.63, 3.8) is 0 Å². The molecule has 0 atom stereocenters. The molecule has 3 rings (SSSR count). The molecule has 0 saturated carbocycles. The molecule has 3 nitrogen and oxygen atoms in total. The molecule has 0 radical (unpaired) electrons. The van der Waals surface area contributed by atoms with Crippen LogP contribution in [0.3, 0.4) is 0 Å². The van der Waals surface area contributed by atoms with E-state index in [4.69, 9.17) is 0 Å². The number of nitrogens with one attached hydrogen (secondary N) is 1. The van der Waals surface area contributed by atoms with Crippen LogP contribution in [0.25, 0.3) is 9.91 Å². The average molecular weight is 288 g/mol. The van der Waals surface area contributed by atoms with Crippen LogP contribution in [0.5, 0.6) is 0 Å². The van der Waals surface area contributed by atoms with E-state index in [-0.39, 0.29) is 14.5 Å². The molecule has 2 aromatic heterocycles. The molecule has 1 N–H and O–H groups in total. The fourth-order valence-electron chi connectivity index (χ4n) is 1.58. The van der Waals surface area contributed by atoms with Gasteiger partial charge in [0, 0.05) is 0 Å². The third-order valence-corrected chi connectivity index (χ3v) is 4.35. The molecule has 0 saturated heterocycles. The summed E-state index contributed by atoms with van der Waals surface area (Å²) >= 11 is 0.196. The number of benzene rings is 1. The van der Waals surface area contributed by atoms with Crippen LogP contribution in [0.15, 0.2) is 42.6 Å². The summed E-state index contributed by atoms with van der Waals surface area (Å²) in [4.78, 5) is 8.88. The summed E-state index contributed by atoms with van der Waals surface area (Å²) in [6, 6.07) is 12.3. The SMILES string of the molecule is Cc1ccc(Nc2nc3cccnc3[se]2)cc1. The Kier molecular flexibility index (Phi) is 2.67. The predicted molar refractivity (Wildman–Crippen MR) is 70.9 cm³/mol. The first-order chi connectivity index (χ1) is 8.31. The summed E-state index contributed by atoms with van der Waals surface area (Å²) in [6.45, 7) is 2.08. The molecule has 0 amide bonds. The van der Waals surface area contributed by atoms with Gasteiger partial charge >= 0.3 is 105 Å². The number of aromatic nitrogens is 2. The van der Waals surface area contributed by atoms with Gasteiger partial charge in [0.1, 0.15) is 0 Å². The quantitative estimate of drug-likeness (QED) is 0.737. The molecular weight excluding hydrogens is 277 g/mol. The molecule has 1 aromatic carbocycles. The molecule has 0 aliphatic rings. The third kappa shape index (κ3) is 2.23. The van der Waals surface area contributed by atoms with Crippen molar-refractivity contribution in [2.24, 2.45) is 0 Å². The molecule has 2 heterocycles. The standard InChI is InChI=1S/C13H11N3Se/c1-9-4-6-10(7-5-9)15-13-16-11-3-2-8-14-12(11)17-13/h2-8H,1H3,(H,15,16). The summed E-state index contributed by atoms with van der Waals surface area (Å²) < 4.78 is 2.13. The molecule has 3 aromatic rings. The van der Waals surface area contributed by atoms with Crippen molar-refractivity contribution in [2.45, 2.75) is 6.92 Å². The second-order valence-electron chi connectivity index (χ2n) is 3.84. The van der Waals surface area contributed by atoms with E-state index in [0.29, 0.717) is 0 Å². The fourth-order valence-corrected chi connectivity index (χ4v) is 3.32. The summed E-state index contributed by atoms with van der Waals surface area (Å²) in [7, 11) is 0. The van der Waals surface area contributed by atoms with Crippen LogP contribution in [0.1, 0.15) is 5.56 Å². The fraction of sp³-hybridized carbons (Fsp3) is 0.0769. The van der Waals surface area contributed by atoms with Crippen molar-refractivity contribution in [3.8, 4) is 0 Å². The van der Waals surface area contributed by atoms with Gasteiger partial charge in [0.2, 0.25) is 0 Å². The van der Waals surface area contributed by atoms with Gasteiger partial charge in [-0.3, -0.25) is 0 Å². The van der Waals surface area contributed by atoms with Crippen molar-refractivity contribution in [1.82, 2.24) is 9.97 Å². The second kappa shape index (κ2) is 4.32. The van der Waals surface area contributed by atoms with Crippen molar-refractivity contribution in [2.75, 3.05) is 5.32 Å². The number of aryl methyl sites for hydroxylation is 1. The Hall–Kier alpha value is -1.64. The van der Waals surface area contributed by atoms with E-state index in [9.17, 15) is 0 Å². The van der Waals surface area contributed by atoms with Gasteiger partial charge in [-0.15, -0.1) is 0 Å². The summed E-state index contributed by atoms with van der Waals surface area (Å²) in [6.07, 6.45) is 1.82. The Morgan fingerprint density at radius 2 is 1.94 bits per heavy atom. The van der Waals surface area contributed by atoms with E-state index in [2.05, 4.69) is 46.5 Å². The van der Waals surface area contributed by atoms with Gasteiger partial charge in [-0.1, -0.05) is 0 Å². The van der Waals surface area contributed by atoms with E-state index in [0.717, 1.165) is 20.3 Å². The van der Waals surface area contributed by atoms with E-state index >= 15 is 0 Å². The molecule has 4 heteroatoms. The number of hydrogen-bond acceptors (Lipinski definition) is 3. The minimum absolute atomic E-state index is 0.196. The van der Waals surface area contributed by atoms with E-state index in [1.807, 2.05) is 18.3 Å². The van der Waals surface area contributed by atoms with Crippen LogP contribution in [-0.2, 0) is 0 Å². The van der Waals surface area contributed by atoms with Gasteiger partial charge in [-0.05, 0) is 0 Å². The number of rotatable bonds is 2. The number of hydrogen-bond donors (Lipinski definition) is 1. The average Bonchev–Trinajstić information content (AvgIpc) is 2.74. The Labute approximate surface area is 105 Å². The second-order valence-corrected chi connectivity index (χ2v) is 5.89. The van der Waals surface area contributed by atoms with Gasteiger partial charge in [0.15, 0.2) is 0 Å². The monoisotopic (exact) mass is 289 g/mol. The Morgan fingerprint density at radius 3 is 2.71 bits per heavy atom. The van der Waals surface area contributed by atoms with Gasteiger partial charge in [0.25, 0.3) is 0 Å². The first-order valence-corrected chi connectivity index (χ1v) is 7.08. The van der Waals surface area contributed by atoms with Crippen LogP contribution in [0.4, 0.5) is 10.4 Å². The van der Waals surface area contributed by atoms with Crippen molar-refractivity contribution < 1.29 is 0 Å². The number of pyridine rings is 1. The molecule has 0 fully saturated rings. The maximum absolute atomic E-state index is 4.54. The van der Waals surface area contributed by atoms with Crippen LogP contribution < -0.4 is 5.32 Å². The topological polar surface area (TPSA) is 37.8 Å². The molecular formula is C13H11N3Se. The summed E-state index contributed by atoms with van der Waals surface area (Å²) in [5, 5.41) is 3.35. The summed E-state index contributed by atoms with van der Waals surface area (Å²) in [5.41, 5.74) is 3.35. The predicted octanol–water partition coefficient (Wildman–Crippen LogP) is 2.74. The van der Waals surface area contributed by atoms with E-state index < -0.39 is 0 Å². The molecule has 0 bridgehead atoms. The molecule has 17 heavy (non-hydrogen) atoms. The van der Waals surface area contributed by atoms with Crippen LogP contribution in [0.2, 0.25) is 0 Å². The van der Waals surface area contributed by atoms with Gasteiger partial charge in [-0.25, -0.2) is 0 Å². The summed E-state index contributed by atoms with van der Waals surface area (Å²) in [5.74, 6) is 0. The Balaban J connectivity index is 1.92. The van der Waals surface area contributed by atoms with Crippen molar-refractivity contribution >= 4 is 34.8 Å². The molecule has 84 valence electrons. The Bertz CT molecular complexity index is 610. The van der Waals surface area contributed by atoms with E-state index in [1.165, 1.54) is 5.56 Å². The third-order valence-electron chi connectivity index (χ3n) is 2.47. The zero-order valence-electron chi connectivity index (χ0n) is 9.34. The van der Waals surface area contributed by atoms with Crippen LogP contribution in [0, 0.1) is 6.92 Å². The van der Waals surface area contributed by atoms with Crippen molar-refractivity contribution in [1.29, 1.82) is 0 Å². The Morgan fingerprint density at radius 1 is 1.12 bits per heavy atom. The molecule has 0 aliphatic carbocycles. The molecule has 0 spiro atoms. The van der Waals surface area contributed by atoms with E-state index in [1.54, 1.807) is 0 Å². The minimum atomic E-state index is 0.196. The normalized spacial score (nSPS) is 10.6. The van der Waals surface area contributed by atoms with Gasteiger partial charge in [0.05, 0.1) is 0 Å². The zero-order valence-corrected chi connectivity index (χ0v) is 11.1. The zero-order chi connectivity index (χ0) is 11.7. The van der Waals surface area contributed by atoms with Gasteiger partial charge < -0.3 is 0 Å². The number of fused-ring (bicyclic) bond motifs is 1. The first-order valence-electron chi connectivity index (χ1n) is 5.36.